The zero-order chi connectivity index (χ0) is 8.56. The summed E-state index contributed by atoms with van der Waals surface area (Å²) in [5, 5.41) is 9.80. The Kier molecular flexibility index (Phi) is 1.06. The van der Waals surface area contributed by atoms with E-state index in [-0.39, 0.29) is 11.0 Å². The fourth-order valence-electron chi connectivity index (χ4n) is 3.78. The third-order valence-corrected chi connectivity index (χ3v) is 4.79. The quantitative estimate of drug-likeness (QED) is 0.594. The minimum absolute atomic E-state index is 0.00289. The fraction of sp³-hybridized carbons (Fsp3) is 1.00. The van der Waals surface area contributed by atoms with E-state index in [9.17, 15) is 5.11 Å². The largest absolute Gasteiger partial charge is 0.367 e. The topological polar surface area (TPSA) is 29.5 Å². The SMILES string of the molecule is CC12C3CC[C@](C)(OC1O)C2C3. The molecule has 5 atom stereocenters. The molecule has 0 radical (unpaired) electrons. The van der Waals surface area contributed by atoms with Crippen LogP contribution in [0.1, 0.15) is 33.1 Å². The lowest BCUT2D eigenvalue weighted by Crippen LogP contribution is -2.57. The monoisotopic (exact) mass is 168 g/mol. The highest BCUT2D eigenvalue weighted by Crippen LogP contribution is 2.70. The van der Waals surface area contributed by atoms with Crippen molar-refractivity contribution < 1.29 is 9.84 Å². The molecule has 2 aliphatic carbocycles. The molecule has 3 fully saturated rings. The van der Waals surface area contributed by atoms with Gasteiger partial charge in [-0.05, 0) is 38.0 Å². The maximum atomic E-state index is 9.80. The van der Waals surface area contributed by atoms with Crippen molar-refractivity contribution in [1.29, 1.82) is 0 Å². The van der Waals surface area contributed by atoms with Crippen molar-refractivity contribution in [1.82, 2.24) is 0 Å². The second-order valence-corrected chi connectivity index (χ2v) is 5.17. The van der Waals surface area contributed by atoms with Crippen LogP contribution in [0.15, 0.2) is 0 Å². The first-order chi connectivity index (χ1) is 5.57. The van der Waals surface area contributed by atoms with E-state index in [0.717, 1.165) is 12.3 Å². The van der Waals surface area contributed by atoms with E-state index in [0.29, 0.717) is 5.92 Å². The molecule has 12 heavy (non-hydrogen) atoms. The van der Waals surface area contributed by atoms with E-state index >= 15 is 0 Å². The Bertz CT molecular complexity index is 238. The Morgan fingerprint density at radius 1 is 1.42 bits per heavy atom. The minimum atomic E-state index is -0.492. The van der Waals surface area contributed by atoms with Gasteiger partial charge in [-0.15, -0.1) is 0 Å². The highest BCUT2D eigenvalue weighted by molar-refractivity contribution is 5.16. The second-order valence-electron chi connectivity index (χ2n) is 5.17. The molecule has 0 amide bonds. The lowest BCUT2D eigenvalue weighted by atomic mass is 9.45. The van der Waals surface area contributed by atoms with Crippen LogP contribution in [0.5, 0.6) is 0 Å². The van der Waals surface area contributed by atoms with Crippen molar-refractivity contribution in [2.75, 3.05) is 0 Å². The van der Waals surface area contributed by atoms with Crippen LogP contribution in [0.3, 0.4) is 0 Å². The highest BCUT2D eigenvalue weighted by atomic mass is 16.6. The van der Waals surface area contributed by atoms with Crippen LogP contribution >= 0.6 is 0 Å². The van der Waals surface area contributed by atoms with E-state index in [1.165, 1.54) is 12.8 Å². The van der Waals surface area contributed by atoms with E-state index in [2.05, 4.69) is 13.8 Å². The Morgan fingerprint density at radius 3 is 2.67 bits per heavy atom. The number of rotatable bonds is 0. The Hall–Kier alpha value is -0.0800. The summed E-state index contributed by atoms with van der Waals surface area (Å²) >= 11 is 0. The van der Waals surface area contributed by atoms with Crippen LogP contribution in [-0.4, -0.2) is 17.0 Å². The van der Waals surface area contributed by atoms with Gasteiger partial charge < -0.3 is 9.84 Å². The lowest BCUT2D eigenvalue weighted by molar-refractivity contribution is -0.158. The van der Waals surface area contributed by atoms with Gasteiger partial charge in [0.2, 0.25) is 0 Å². The first kappa shape index (κ1) is 7.34. The molecule has 4 unspecified atom stereocenters. The van der Waals surface area contributed by atoms with E-state index in [1.807, 2.05) is 0 Å². The summed E-state index contributed by atoms with van der Waals surface area (Å²) in [7, 11) is 0. The number of aliphatic hydroxyl groups excluding tert-OH is 1. The predicted octanol–water partition coefficient (Wildman–Crippen LogP) is 1.53. The molecule has 1 N–H and O–H groups in total. The van der Waals surface area contributed by atoms with Gasteiger partial charge in [-0.3, -0.25) is 0 Å². The average molecular weight is 168 g/mol. The summed E-state index contributed by atoms with van der Waals surface area (Å²) in [4.78, 5) is 0. The van der Waals surface area contributed by atoms with Gasteiger partial charge in [0.25, 0.3) is 0 Å². The molecule has 0 aromatic heterocycles. The highest BCUT2D eigenvalue weighted by Gasteiger charge is 2.71. The molecule has 1 saturated heterocycles. The van der Waals surface area contributed by atoms with Gasteiger partial charge >= 0.3 is 0 Å². The molecular weight excluding hydrogens is 152 g/mol. The Balaban J connectivity index is 2.07. The standard InChI is InChI=1S/C10H16O2/c1-9-4-3-6-5-7(9)10(6,2)8(11)12-9/h6-8,11H,3-5H2,1-2H3/t6?,7?,8?,9-,10?/m0/s1. The van der Waals surface area contributed by atoms with Crippen LogP contribution in [0.25, 0.3) is 0 Å². The van der Waals surface area contributed by atoms with Crippen molar-refractivity contribution >= 4 is 0 Å². The zero-order valence-electron chi connectivity index (χ0n) is 7.71. The normalized spacial score (nSPS) is 67.8. The average Bonchev–Trinajstić information content (AvgIpc) is 2.08. The molecule has 68 valence electrons. The van der Waals surface area contributed by atoms with Crippen LogP contribution in [0.4, 0.5) is 0 Å². The number of hydrogen-bond acceptors (Lipinski definition) is 2. The van der Waals surface area contributed by atoms with E-state index < -0.39 is 6.29 Å². The van der Waals surface area contributed by atoms with Crippen molar-refractivity contribution in [3.8, 4) is 0 Å². The van der Waals surface area contributed by atoms with Crippen LogP contribution in [-0.2, 0) is 4.74 Å². The summed E-state index contributed by atoms with van der Waals surface area (Å²) in [6, 6.07) is 0. The Labute approximate surface area is 72.9 Å². The molecule has 0 aromatic carbocycles. The van der Waals surface area contributed by atoms with Gasteiger partial charge in [0.15, 0.2) is 6.29 Å². The summed E-state index contributed by atoms with van der Waals surface area (Å²) in [6.45, 7) is 4.36. The van der Waals surface area contributed by atoms with E-state index in [1.54, 1.807) is 0 Å². The lowest BCUT2D eigenvalue weighted by Gasteiger charge is -2.57. The second kappa shape index (κ2) is 1.73. The molecule has 3 aliphatic rings. The Morgan fingerprint density at radius 2 is 2.17 bits per heavy atom. The molecule has 0 aromatic rings. The molecule has 0 spiro atoms. The van der Waals surface area contributed by atoms with Crippen LogP contribution in [0, 0.1) is 17.3 Å². The van der Waals surface area contributed by atoms with Gasteiger partial charge in [-0.25, -0.2) is 0 Å². The van der Waals surface area contributed by atoms with Crippen molar-refractivity contribution in [2.45, 2.75) is 45.0 Å². The predicted molar refractivity (Wildman–Crippen MR) is 44.4 cm³/mol. The summed E-state index contributed by atoms with van der Waals surface area (Å²) in [5.74, 6) is 1.35. The molecular formula is C10H16O2. The third-order valence-electron chi connectivity index (χ3n) is 4.79. The van der Waals surface area contributed by atoms with E-state index in [4.69, 9.17) is 4.74 Å². The van der Waals surface area contributed by atoms with Crippen LogP contribution in [0.2, 0.25) is 0 Å². The van der Waals surface area contributed by atoms with Crippen molar-refractivity contribution in [3.05, 3.63) is 0 Å². The summed E-state index contributed by atoms with van der Waals surface area (Å²) in [6.07, 6.45) is 3.19. The van der Waals surface area contributed by atoms with Crippen molar-refractivity contribution in [2.24, 2.45) is 17.3 Å². The fourth-order valence-corrected chi connectivity index (χ4v) is 3.78. The number of hydrogen-bond donors (Lipinski definition) is 1. The molecule has 1 heterocycles. The number of ether oxygens (including phenoxy) is 1. The molecule has 2 nitrogen and oxygen atoms in total. The third kappa shape index (κ3) is 0.521. The first-order valence-electron chi connectivity index (χ1n) is 4.93. The van der Waals surface area contributed by atoms with Gasteiger partial charge in [0, 0.05) is 5.41 Å². The minimum Gasteiger partial charge on any atom is -0.367 e. The maximum absolute atomic E-state index is 9.80. The molecule has 4 bridgehead atoms. The zero-order valence-corrected chi connectivity index (χ0v) is 7.71. The van der Waals surface area contributed by atoms with Gasteiger partial charge in [-0.2, -0.15) is 0 Å². The first-order valence-corrected chi connectivity index (χ1v) is 4.93. The molecule has 2 heteroatoms. The van der Waals surface area contributed by atoms with Crippen molar-refractivity contribution in [3.63, 3.8) is 0 Å². The molecule has 3 rings (SSSR count). The van der Waals surface area contributed by atoms with Crippen LogP contribution < -0.4 is 0 Å². The van der Waals surface area contributed by atoms with Gasteiger partial charge in [0.05, 0.1) is 5.60 Å². The molecule has 2 saturated carbocycles. The summed E-state index contributed by atoms with van der Waals surface area (Å²) < 4.78 is 5.69. The van der Waals surface area contributed by atoms with Gasteiger partial charge in [0.1, 0.15) is 0 Å². The number of aliphatic hydroxyl groups is 1. The summed E-state index contributed by atoms with van der Waals surface area (Å²) in [5.41, 5.74) is 0.107. The maximum Gasteiger partial charge on any atom is 0.161 e. The molecule has 1 aliphatic heterocycles. The smallest absolute Gasteiger partial charge is 0.161 e. The van der Waals surface area contributed by atoms with Gasteiger partial charge in [-0.1, -0.05) is 6.92 Å².